The molecule has 2 aliphatic rings. The molecule has 1 saturated carbocycles. The minimum absolute atomic E-state index is 0.0981. The summed E-state index contributed by atoms with van der Waals surface area (Å²) in [5.41, 5.74) is 1.68. The molecule has 1 aromatic rings. The molecular weight excluding hydrogens is 366 g/mol. The van der Waals surface area contributed by atoms with E-state index in [4.69, 9.17) is 0 Å². The Kier molecular flexibility index (Phi) is 7.90. The highest BCUT2D eigenvalue weighted by Crippen LogP contribution is 2.28. The number of hydrogen-bond acceptors (Lipinski definition) is 3. The molecule has 0 radical (unpaired) electrons. The largest absolute Gasteiger partial charge is 0.356 e. The zero-order chi connectivity index (χ0) is 20.5. The lowest BCUT2D eigenvalue weighted by molar-refractivity contribution is -0.123. The van der Waals surface area contributed by atoms with E-state index in [0.717, 1.165) is 24.0 Å². The van der Waals surface area contributed by atoms with Gasteiger partial charge in [0.2, 0.25) is 5.91 Å². The van der Waals surface area contributed by atoms with Crippen molar-refractivity contribution in [3.05, 3.63) is 35.4 Å². The van der Waals surface area contributed by atoms with Crippen LogP contribution in [0.5, 0.6) is 0 Å². The van der Waals surface area contributed by atoms with Crippen LogP contribution < -0.4 is 16.0 Å². The minimum Gasteiger partial charge on any atom is -0.356 e. The number of nitrogens with zero attached hydrogens (tertiary/aromatic N) is 2. The highest BCUT2D eigenvalue weighted by molar-refractivity contribution is 5.97. The summed E-state index contributed by atoms with van der Waals surface area (Å²) in [7, 11) is 1.78. The van der Waals surface area contributed by atoms with E-state index in [0.29, 0.717) is 25.2 Å². The third-order valence-electron chi connectivity index (χ3n) is 5.77. The molecule has 7 nitrogen and oxygen atoms in total. The molecule has 1 aromatic carbocycles. The van der Waals surface area contributed by atoms with Gasteiger partial charge in [-0.1, -0.05) is 37.8 Å². The van der Waals surface area contributed by atoms with Gasteiger partial charge in [-0.15, -0.1) is 0 Å². The van der Waals surface area contributed by atoms with E-state index in [9.17, 15) is 9.59 Å². The van der Waals surface area contributed by atoms with Crippen LogP contribution in [0.15, 0.2) is 29.3 Å². The molecule has 3 rings (SSSR count). The van der Waals surface area contributed by atoms with Gasteiger partial charge in [0.05, 0.1) is 6.54 Å². The third-order valence-corrected chi connectivity index (χ3v) is 5.77. The summed E-state index contributed by atoms with van der Waals surface area (Å²) in [5.74, 6) is 1.52. The lowest BCUT2D eigenvalue weighted by atomic mass is 10.0. The number of carbonyl (C=O) groups is 2. The van der Waals surface area contributed by atoms with Gasteiger partial charge < -0.3 is 20.9 Å². The Balaban J connectivity index is 1.40. The van der Waals surface area contributed by atoms with Crippen LogP contribution in [-0.4, -0.2) is 55.9 Å². The maximum Gasteiger partial charge on any atom is 0.254 e. The molecule has 0 bridgehead atoms. The van der Waals surface area contributed by atoms with Crippen LogP contribution in [0, 0.1) is 5.92 Å². The maximum atomic E-state index is 12.5. The number of piperazine rings is 1. The Hall–Kier alpha value is -2.57. The van der Waals surface area contributed by atoms with Crippen molar-refractivity contribution in [2.24, 2.45) is 10.9 Å². The topological polar surface area (TPSA) is 85.8 Å². The Morgan fingerprint density at radius 1 is 1.21 bits per heavy atom. The first kappa shape index (κ1) is 21.1. The molecule has 1 aliphatic carbocycles. The van der Waals surface area contributed by atoms with Gasteiger partial charge in [-0.2, -0.15) is 0 Å². The number of amides is 2. The Morgan fingerprint density at radius 3 is 2.66 bits per heavy atom. The van der Waals surface area contributed by atoms with Crippen LogP contribution in [0.4, 0.5) is 0 Å². The summed E-state index contributed by atoms with van der Waals surface area (Å²) in [6.45, 7) is 2.77. The van der Waals surface area contributed by atoms with E-state index in [1.54, 1.807) is 11.9 Å². The van der Waals surface area contributed by atoms with Crippen LogP contribution in [0.2, 0.25) is 0 Å². The second-order valence-electron chi connectivity index (χ2n) is 7.92. The highest BCUT2D eigenvalue weighted by atomic mass is 16.2. The lowest BCUT2D eigenvalue weighted by Crippen LogP contribution is -2.49. The van der Waals surface area contributed by atoms with Crippen LogP contribution in [0.3, 0.4) is 0 Å². The van der Waals surface area contributed by atoms with Crippen molar-refractivity contribution in [1.82, 2.24) is 20.9 Å². The van der Waals surface area contributed by atoms with Crippen molar-refractivity contribution in [2.45, 2.75) is 45.1 Å². The number of guanidine groups is 1. The normalized spacial score (nSPS) is 17.9. The molecule has 0 spiro atoms. The standard InChI is InChI=1S/C22H33N5O2/c1-23-22(25-12-4-7-17-5-2-3-6-17)26-15-18-8-10-19(11-9-18)21(29)27-14-13-24-20(28)16-27/h8-11,17H,2-7,12-16H2,1H3,(H,24,28)(H2,23,25,26). The average Bonchev–Trinajstić information content (AvgIpc) is 3.27. The molecule has 2 fully saturated rings. The van der Waals surface area contributed by atoms with Crippen molar-refractivity contribution in [1.29, 1.82) is 0 Å². The van der Waals surface area contributed by atoms with E-state index in [-0.39, 0.29) is 18.4 Å². The molecule has 0 atom stereocenters. The Bertz CT molecular complexity index is 710. The fourth-order valence-electron chi connectivity index (χ4n) is 4.06. The molecule has 158 valence electrons. The zero-order valence-corrected chi connectivity index (χ0v) is 17.4. The summed E-state index contributed by atoms with van der Waals surface area (Å²) in [5, 5.41) is 9.44. The van der Waals surface area contributed by atoms with Gasteiger partial charge in [0.1, 0.15) is 0 Å². The second kappa shape index (κ2) is 10.8. The number of hydrogen-bond donors (Lipinski definition) is 3. The summed E-state index contributed by atoms with van der Waals surface area (Å²) in [6, 6.07) is 7.53. The number of nitrogens with one attached hydrogen (secondary N) is 3. The molecule has 0 unspecified atom stereocenters. The van der Waals surface area contributed by atoms with E-state index in [1.165, 1.54) is 38.5 Å². The van der Waals surface area contributed by atoms with Gasteiger partial charge in [-0.25, -0.2) is 0 Å². The van der Waals surface area contributed by atoms with Crippen LogP contribution >= 0.6 is 0 Å². The third kappa shape index (κ3) is 6.48. The predicted molar refractivity (Wildman–Crippen MR) is 115 cm³/mol. The Labute approximate surface area is 173 Å². The van der Waals surface area contributed by atoms with Gasteiger partial charge in [0, 0.05) is 38.8 Å². The van der Waals surface area contributed by atoms with E-state index in [2.05, 4.69) is 20.9 Å². The van der Waals surface area contributed by atoms with Crippen molar-refractivity contribution in [3.8, 4) is 0 Å². The van der Waals surface area contributed by atoms with Gasteiger partial charge >= 0.3 is 0 Å². The van der Waals surface area contributed by atoms with Crippen molar-refractivity contribution < 1.29 is 9.59 Å². The van der Waals surface area contributed by atoms with E-state index >= 15 is 0 Å². The first-order valence-corrected chi connectivity index (χ1v) is 10.7. The molecule has 1 saturated heterocycles. The molecule has 7 heteroatoms. The first-order chi connectivity index (χ1) is 14.2. The fourth-order valence-corrected chi connectivity index (χ4v) is 4.06. The SMILES string of the molecule is CN=C(NCCCC1CCCC1)NCc1ccc(C(=O)N2CCNC(=O)C2)cc1. The quantitative estimate of drug-likeness (QED) is 0.371. The Morgan fingerprint density at radius 2 is 1.97 bits per heavy atom. The van der Waals surface area contributed by atoms with Gasteiger partial charge in [-0.3, -0.25) is 14.6 Å². The molecule has 1 aliphatic heterocycles. The minimum atomic E-state index is -0.104. The molecular formula is C22H33N5O2. The van der Waals surface area contributed by atoms with Crippen molar-refractivity contribution in [2.75, 3.05) is 33.2 Å². The summed E-state index contributed by atoms with van der Waals surface area (Å²) < 4.78 is 0. The van der Waals surface area contributed by atoms with Crippen LogP contribution in [-0.2, 0) is 11.3 Å². The van der Waals surface area contributed by atoms with Gasteiger partial charge in [-0.05, 0) is 36.5 Å². The lowest BCUT2D eigenvalue weighted by Gasteiger charge is -2.26. The molecule has 2 amide bonds. The monoisotopic (exact) mass is 399 g/mol. The average molecular weight is 400 g/mol. The van der Waals surface area contributed by atoms with Gasteiger partial charge in [0.15, 0.2) is 5.96 Å². The molecule has 29 heavy (non-hydrogen) atoms. The number of aliphatic imine (C=N–C) groups is 1. The predicted octanol–water partition coefficient (Wildman–Crippen LogP) is 1.89. The van der Waals surface area contributed by atoms with E-state index < -0.39 is 0 Å². The summed E-state index contributed by atoms with van der Waals surface area (Å²) in [4.78, 5) is 29.9. The summed E-state index contributed by atoms with van der Waals surface area (Å²) in [6.07, 6.45) is 8.08. The number of rotatable bonds is 7. The maximum absolute atomic E-state index is 12.5. The van der Waals surface area contributed by atoms with Crippen molar-refractivity contribution >= 4 is 17.8 Å². The van der Waals surface area contributed by atoms with Crippen molar-refractivity contribution in [3.63, 3.8) is 0 Å². The second-order valence-corrected chi connectivity index (χ2v) is 7.92. The smallest absolute Gasteiger partial charge is 0.254 e. The van der Waals surface area contributed by atoms with Crippen LogP contribution in [0.25, 0.3) is 0 Å². The molecule has 0 aromatic heterocycles. The molecule has 3 N–H and O–H groups in total. The van der Waals surface area contributed by atoms with E-state index in [1.807, 2.05) is 24.3 Å². The summed E-state index contributed by atoms with van der Waals surface area (Å²) >= 11 is 0. The number of carbonyl (C=O) groups excluding carboxylic acids is 2. The first-order valence-electron chi connectivity index (χ1n) is 10.7. The fraction of sp³-hybridized carbons (Fsp3) is 0.591. The number of benzene rings is 1. The highest BCUT2D eigenvalue weighted by Gasteiger charge is 2.22. The van der Waals surface area contributed by atoms with Crippen LogP contribution in [0.1, 0.15) is 54.4 Å². The van der Waals surface area contributed by atoms with Gasteiger partial charge in [0.25, 0.3) is 5.91 Å². The molecule has 1 heterocycles. The zero-order valence-electron chi connectivity index (χ0n) is 17.4.